The second kappa shape index (κ2) is 8.54. The number of aryl methyl sites for hydroxylation is 1. The van der Waals surface area contributed by atoms with Crippen LogP contribution in [0.1, 0.15) is 50.4 Å². The summed E-state index contributed by atoms with van der Waals surface area (Å²) in [6.07, 6.45) is -4.10. The summed E-state index contributed by atoms with van der Waals surface area (Å²) >= 11 is 0. The monoisotopic (exact) mass is 525 g/mol. The predicted molar refractivity (Wildman–Crippen MR) is 138 cm³/mol. The fourth-order valence-electron chi connectivity index (χ4n) is 4.69. The lowest BCUT2D eigenvalue weighted by Crippen LogP contribution is -2.29. The van der Waals surface area contributed by atoms with Crippen LogP contribution < -0.4 is 11.1 Å². The lowest BCUT2D eigenvalue weighted by molar-refractivity contribution is -0.137. The number of alkyl halides is 3. The molecule has 0 bridgehead atoms. The Bertz CT molecular complexity index is 1560. The van der Waals surface area contributed by atoms with Crippen LogP contribution in [0.4, 0.5) is 29.1 Å². The summed E-state index contributed by atoms with van der Waals surface area (Å²) in [5, 5.41) is 7.79. The minimum atomic E-state index is -4.63. The summed E-state index contributed by atoms with van der Waals surface area (Å²) in [4.78, 5) is 17.9. The first-order chi connectivity index (χ1) is 17.7. The van der Waals surface area contributed by atoms with Crippen LogP contribution in [-0.4, -0.2) is 20.7 Å². The third kappa shape index (κ3) is 4.37. The highest BCUT2D eigenvalue weighted by Crippen LogP contribution is 2.51. The van der Waals surface area contributed by atoms with Crippen molar-refractivity contribution in [1.82, 2.24) is 14.8 Å². The maximum Gasteiger partial charge on any atom is 0.416 e. The number of benzene rings is 2. The topological polar surface area (TPSA) is 85.8 Å². The van der Waals surface area contributed by atoms with Crippen LogP contribution in [0.15, 0.2) is 48.5 Å². The van der Waals surface area contributed by atoms with E-state index in [1.165, 1.54) is 0 Å². The van der Waals surface area contributed by atoms with Gasteiger partial charge in [-0.1, -0.05) is 32.9 Å². The van der Waals surface area contributed by atoms with E-state index in [1.807, 2.05) is 18.2 Å². The van der Waals surface area contributed by atoms with Crippen molar-refractivity contribution >= 4 is 28.4 Å². The Morgan fingerprint density at radius 1 is 1.05 bits per heavy atom. The fraction of sp³-hybridized carbons (Fsp3) is 0.321. The number of nitrogens with one attached hydrogen (secondary N) is 1. The van der Waals surface area contributed by atoms with E-state index >= 15 is 0 Å². The lowest BCUT2D eigenvalue weighted by Gasteiger charge is -2.20. The standard InChI is InChI=1S/C28H27F4N5O/c1-26(2,3)21-14-18(22-23(33)36-37(4)24(22)35-21)15-5-8-17(9-6-15)34-25(38)27(11-12-27)19-13-16(28(30,31)32)7-10-20(19)29/h5-10,13-14H,11-12H2,1-4H3,(H2,33,36)(H,34,38). The Kier molecular flexibility index (Phi) is 5.77. The quantitative estimate of drug-likeness (QED) is 0.304. The van der Waals surface area contributed by atoms with Gasteiger partial charge < -0.3 is 11.1 Å². The molecule has 2 heterocycles. The summed E-state index contributed by atoms with van der Waals surface area (Å²) in [6.45, 7) is 6.18. The molecule has 198 valence electrons. The van der Waals surface area contributed by atoms with Gasteiger partial charge in [0.25, 0.3) is 0 Å². The highest BCUT2D eigenvalue weighted by atomic mass is 19.4. The van der Waals surface area contributed by atoms with Crippen molar-refractivity contribution < 1.29 is 22.4 Å². The number of aromatic nitrogens is 3. The Balaban J connectivity index is 1.46. The molecule has 0 saturated heterocycles. The number of nitrogens with zero attached hydrogens (tertiary/aromatic N) is 3. The molecule has 1 aliphatic carbocycles. The van der Waals surface area contributed by atoms with E-state index < -0.39 is 28.9 Å². The summed E-state index contributed by atoms with van der Waals surface area (Å²) in [7, 11) is 1.78. The molecule has 6 nitrogen and oxygen atoms in total. The van der Waals surface area contributed by atoms with Crippen LogP contribution in [-0.2, 0) is 28.8 Å². The predicted octanol–water partition coefficient (Wildman–Crippen LogP) is 6.34. The average molecular weight is 526 g/mol. The fourth-order valence-corrected chi connectivity index (χ4v) is 4.69. The average Bonchev–Trinajstić information content (AvgIpc) is 3.59. The van der Waals surface area contributed by atoms with E-state index in [-0.39, 0.29) is 23.8 Å². The highest BCUT2D eigenvalue weighted by Gasteiger charge is 2.53. The molecular formula is C28H27F4N5O. The zero-order chi connectivity index (χ0) is 27.6. The molecule has 10 heteroatoms. The van der Waals surface area contributed by atoms with Crippen LogP contribution >= 0.6 is 0 Å². The van der Waals surface area contributed by atoms with E-state index in [0.717, 1.165) is 29.0 Å². The van der Waals surface area contributed by atoms with E-state index in [4.69, 9.17) is 10.7 Å². The molecule has 2 aromatic carbocycles. The molecule has 0 unspecified atom stereocenters. The van der Waals surface area contributed by atoms with Gasteiger partial charge in [-0.05, 0) is 60.4 Å². The van der Waals surface area contributed by atoms with Gasteiger partial charge in [-0.15, -0.1) is 0 Å². The number of carbonyl (C=O) groups is 1. The highest BCUT2D eigenvalue weighted by molar-refractivity contribution is 6.03. The molecule has 1 fully saturated rings. The normalized spacial score (nSPS) is 15.1. The molecule has 4 aromatic rings. The minimum Gasteiger partial charge on any atom is -0.382 e. The van der Waals surface area contributed by atoms with Crippen molar-refractivity contribution in [1.29, 1.82) is 0 Å². The first kappa shape index (κ1) is 25.7. The van der Waals surface area contributed by atoms with E-state index in [9.17, 15) is 22.4 Å². The van der Waals surface area contributed by atoms with E-state index in [0.29, 0.717) is 28.6 Å². The molecule has 0 spiro atoms. The molecular weight excluding hydrogens is 498 g/mol. The molecule has 38 heavy (non-hydrogen) atoms. The second-order valence-electron chi connectivity index (χ2n) is 10.8. The number of rotatable bonds is 4. The number of hydrogen-bond donors (Lipinski definition) is 2. The molecule has 3 N–H and O–H groups in total. The number of fused-ring (bicyclic) bond motifs is 1. The molecule has 5 rings (SSSR count). The number of carbonyl (C=O) groups excluding carboxylic acids is 1. The zero-order valence-electron chi connectivity index (χ0n) is 21.4. The Morgan fingerprint density at radius 3 is 2.29 bits per heavy atom. The van der Waals surface area contributed by atoms with Gasteiger partial charge in [-0.25, -0.2) is 14.1 Å². The Morgan fingerprint density at radius 2 is 1.71 bits per heavy atom. The van der Waals surface area contributed by atoms with Crippen LogP contribution in [0.5, 0.6) is 0 Å². The van der Waals surface area contributed by atoms with Gasteiger partial charge >= 0.3 is 6.18 Å². The molecule has 0 radical (unpaired) electrons. The van der Waals surface area contributed by atoms with Crippen LogP contribution in [0.2, 0.25) is 0 Å². The van der Waals surface area contributed by atoms with Crippen LogP contribution in [0.3, 0.4) is 0 Å². The van der Waals surface area contributed by atoms with Gasteiger partial charge in [0.15, 0.2) is 11.5 Å². The molecule has 0 aliphatic heterocycles. The minimum absolute atomic E-state index is 0.229. The first-order valence-corrected chi connectivity index (χ1v) is 12.1. The number of nitrogen functional groups attached to an aromatic ring is 1. The van der Waals surface area contributed by atoms with Crippen LogP contribution in [0, 0.1) is 5.82 Å². The number of halogens is 4. The van der Waals surface area contributed by atoms with Crippen LogP contribution in [0.25, 0.3) is 22.2 Å². The van der Waals surface area contributed by atoms with Gasteiger partial charge in [0.2, 0.25) is 5.91 Å². The molecule has 1 saturated carbocycles. The summed E-state index contributed by atoms with van der Waals surface area (Å²) in [5.41, 5.74) is 7.05. The summed E-state index contributed by atoms with van der Waals surface area (Å²) in [6, 6.07) is 11.2. The third-order valence-corrected chi connectivity index (χ3v) is 7.04. The third-order valence-electron chi connectivity index (χ3n) is 7.04. The number of hydrogen-bond acceptors (Lipinski definition) is 4. The maximum absolute atomic E-state index is 14.5. The van der Waals surface area contributed by atoms with Gasteiger partial charge in [0.05, 0.1) is 16.4 Å². The van der Waals surface area contributed by atoms with Crippen molar-refractivity contribution in [2.45, 2.75) is 50.6 Å². The van der Waals surface area contributed by atoms with E-state index in [1.54, 1.807) is 23.9 Å². The zero-order valence-corrected chi connectivity index (χ0v) is 21.4. The van der Waals surface area contributed by atoms with Crippen molar-refractivity contribution in [3.63, 3.8) is 0 Å². The summed E-state index contributed by atoms with van der Waals surface area (Å²) < 4.78 is 55.8. The molecule has 2 aromatic heterocycles. The molecule has 1 amide bonds. The Labute approximate surface area is 216 Å². The van der Waals surface area contributed by atoms with Crippen molar-refractivity contribution in [2.75, 3.05) is 11.1 Å². The SMILES string of the molecule is Cn1nc(N)c2c(-c3ccc(NC(=O)C4(c5cc(C(F)(F)F)ccc5F)CC4)cc3)cc(C(C)(C)C)nc21. The van der Waals surface area contributed by atoms with Gasteiger partial charge in [-0.3, -0.25) is 4.79 Å². The van der Waals surface area contributed by atoms with Crippen molar-refractivity contribution in [3.8, 4) is 11.1 Å². The maximum atomic E-state index is 14.5. The number of pyridine rings is 1. The largest absolute Gasteiger partial charge is 0.416 e. The Hall–Kier alpha value is -3.95. The van der Waals surface area contributed by atoms with Gasteiger partial charge in [0.1, 0.15) is 5.82 Å². The second-order valence-corrected chi connectivity index (χ2v) is 10.8. The molecule has 1 aliphatic rings. The van der Waals surface area contributed by atoms with Crippen molar-refractivity contribution in [3.05, 3.63) is 71.2 Å². The lowest BCUT2D eigenvalue weighted by atomic mass is 9.89. The van der Waals surface area contributed by atoms with Gasteiger partial charge in [0, 0.05) is 29.4 Å². The van der Waals surface area contributed by atoms with E-state index in [2.05, 4.69) is 31.2 Å². The van der Waals surface area contributed by atoms with Crippen molar-refractivity contribution in [2.24, 2.45) is 7.05 Å². The smallest absolute Gasteiger partial charge is 0.382 e. The number of nitrogens with two attached hydrogens (primary N) is 1. The van der Waals surface area contributed by atoms with Gasteiger partial charge in [-0.2, -0.15) is 18.3 Å². The summed E-state index contributed by atoms with van der Waals surface area (Å²) in [5.74, 6) is -1.02. The molecule has 0 atom stereocenters. The first-order valence-electron chi connectivity index (χ1n) is 12.1. The number of anilines is 2. The number of amides is 1.